The van der Waals surface area contributed by atoms with Gasteiger partial charge in [-0.05, 0) is 37.3 Å². The molecule has 0 amide bonds. The third-order valence-corrected chi connectivity index (χ3v) is 3.88. The lowest BCUT2D eigenvalue weighted by Gasteiger charge is -2.30. The molecule has 1 rings (SSSR count). The van der Waals surface area contributed by atoms with Crippen molar-refractivity contribution in [3.05, 3.63) is 29.8 Å². The van der Waals surface area contributed by atoms with Crippen molar-refractivity contribution in [2.75, 3.05) is 30.5 Å². The molecule has 0 saturated carbocycles. The average Bonchev–Trinajstić information content (AvgIpc) is 2.36. The quantitative estimate of drug-likeness (QED) is 0.809. The summed E-state index contributed by atoms with van der Waals surface area (Å²) in [6.45, 7) is 2.97. The van der Waals surface area contributed by atoms with Crippen LogP contribution in [-0.4, -0.2) is 31.6 Å². The number of anilines is 1. The molecule has 0 aliphatic rings. The summed E-state index contributed by atoms with van der Waals surface area (Å²) in [4.78, 5) is 2.40. The van der Waals surface area contributed by atoms with Crippen LogP contribution in [0.5, 0.6) is 0 Å². The molecule has 1 unspecified atom stereocenters. The van der Waals surface area contributed by atoms with Crippen molar-refractivity contribution in [1.29, 1.82) is 0 Å². The third-order valence-electron chi connectivity index (χ3n) is 3.16. The number of nitrogens with two attached hydrogens (primary N) is 1. The van der Waals surface area contributed by atoms with Gasteiger partial charge in [0, 0.05) is 24.5 Å². The summed E-state index contributed by atoms with van der Waals surface area (Å²) < 4.78 is 0. The van der Waals surface area contributed by atoms with Crippen LogP contribution in [0, 0.1) is 0 Å². The first-order chi connectivity index (χ1) is 8.24. The highest BCUT2D eigenvalue weighted by Gasteiger charge is 2.14. The van der Waals surface area contributed by atoms with E-state index in [2.05, 4.69) is 49.4 Å². The Hall–Kier alpha value is -0.670. The maximum absolute atomic E-state index is 5.67. The Balaban J connectivity index is 2.89. The summed E-state index contributed by atoms with van der Waals surface area (Å²) in [6.07, 6.45) is 4.30. The number of rotatable bonds is 7. The van der Waals surface area contributed by atoms with Gasteiger partial charge in [0.2, 0.25) is 0 Å². The van der Waals surface area contributed by atoms with Gasteiger partial charge < -0.3 is 10.6 Å². The summed E-state index contributed by atoms with van der Waals surface area (Å²) in [5, 5.41) is 0. The van der Waals surface area contributed by atoms with Crippen LogP contribution in [0.2, 0.25) is 0 Å². The average molecular weight is 252 g/mol. The fraction of sp³-hybridized carbons (Fsp3) is 0.571. The first-order valence-corrected chi connectivity index (χ1v) is 7.63. The van der Waals surface area contributed by atoms with Crippen molar-refractivity contribution < 1.29 is 0 Å². The van der Waals surface area contributed by atoms with Gasteiger partial charge in [-0.25, -0.2) is 0 Å². The molecule has 3 heteroatoms. The Labute approximate surface area is 110 Å². The molecule has 0 aromatic heterocycles. The van der Waals surface area contributed by atoms with Crippen LogP contribution < -0.4 is 10.6 Å². The van der Waals surface area contributed by atoms with Crippen LogP contribution in [0.15, 0.2) is 24.3 Å². The molecule has 0 bridgehead atoms. The Morgan fingerprint density at radius 2 is 2.06 bits per heavy atom. The predicted octanol–water partition coefficient (Wildman–Crippen LogP) is 2.77. The highest BCUT2D eigenvalue weighted by atomic mass is 32.2. The van der Waals surface area contributed by atoms with Crippen LogP contribution in [0.3, 0.4) is 0 Å². The van der Waals surface area contributed by atoms with Crippen LogP contribution in [0.4, 0.5) is 5.69 Å². The highest BCUT2D eigenvalue weighted by molar-refractivity contribution is 7.98. The van der Waals surface area contributed by atoms with Crippen LogP contribution in [0.1, 0.15) is 18.9 Å². The van der Waals surface area contributed by atoms with Gasteiger partial charge >= 0.3 is 0 Å². The maximum Gasteiger partial charge on any atom is 0.0399 e. The summed E-state index contributed by atoms with van der Waals surface area (Å²) in [6, 6.07) is 9.19. The van der Waals surface area contributed by atoms with Gasteiger partial charge in [0.25, 0.3) is 0 Å². The lowest BCUT2D eigenvalue weighted by molar-refractivity contribution is 0.670. The lowest BCUT2D eigenvalue weighted by atomic mass is 10.1. The zero-order chi connectivity index (χ0) is 12.7. The first-order valence-electron chi connectivity index (χ1n) is 6.24. The molecule has 0 spiro atoms. The minimum absolute atomic E-state index is 0.601. The summed E-state index contributed by atoms with van der Waals surface area (Å²) in [5.74, 6) is 1.17. The largest absolute Gasteiger partial charge is 0.371 e. The number of hydrogen-bond donors (Lipinski definition) is 1. The molecule has 2 N–H and O–H groups in total. The summed E-state index contributed by atoms with van der Waals surface area (Å²) >= 11 is 1.91. The van der Waals surface area contributed by atoms with E-state index in [0.29, 0.717) is 12.6 Å². The van der Waals surface area contributed by atoms with E-state index in [1.54, 1.807) is 0 Å². The topological polar surface area (TPSA) is 29.3 Å². The van der Waals surface area contributed by atoms with Gasteiger partial charge in [0.05, 0.1) is 0 Å². The van der Waals surface area contributed by atoms with Crippen molar-refractivity contribution in [3.63, 3.8) is 0 Å². The molecule has 0 aliphatic heterocycles. The SMILES string of the molecule is CCC(CSC)N(C)c1ccccc1CCN. The molecule has 0 saturated heterocycles. The second-order valence-electron chi connectivity index (χ2n) is 4.30. The minimum Gasteiger partial charge on any atom is -0.371 e. The Bertz CT molecular complexity index is 328. The van der Waals surface area contributed by atoms with Gasteiger partial charge in [-0.2, -0.15) is 11.8 Å². The molecule has 0 heterocycles. The zero-order valence-electron chi connectivity index (χ0n) is 11.1. The van der Waals surface area contributed by atoms with Gasteiger partial charge in [-0.1, -0.05) is 25.1 Å². The van der Waals surface area contributed by atoms with E-state index in [-0.39, 0.29) is 0 Å². The highest BCUT2D eigenvalue weighted by Crippen LogP contribution is 2.23. The van der Waals surface area contributed by atoms with Crippen LogP contribution in [0.25, 0.3) is 0 Å². The van der Waals surface area contributed by atoms with E-state index < -0.39 is 0 Å². The molecule has 0 fully saturated rings. The monoisotopic (exact) mass is 252 g/mol. The van der Waals surface area contributed by atoms with Crippen molar-refractivity contribution in [1.82, 2.24) is 0 Å². The zero-order valence-corrected chi connectivity index (χ0v) is 12.0. The molecular formula is C14H24N2S. The van der Waals surface area contributed by atoms with Crippen LogP contribution in [-0.2, 0) is 6.42 Å². The Kier molecular flexibility index (Phi) is 6.45. The molecule has 1 atom stereocenters. The standard InChI is InChI=1S/C14H24N2S/c1-4-13(11-17-3)16(2)14-8-6-5-7-12(14)9-10-15/h5-8,13H,4,9-11,15H2,1-3H3. The maximum atomic E-state index is 5.67. The minimum atomic E-state index is 0.601. The van der Waals surface area contributed by atoms with E-state index in [0.717, 1.165) is 6.42 Å². The number of hydrogen-bond acceptors (Lipinski definition) is 3. The molecule has 0 aliphatic carbocycles. The summed E-state index contributed by atoms with van der Waals surface area (Å²) in [7, 11) is 2.19. The number of benzene rings is 1. The Morgan fingerprint density at radius 1 is 1.35 bits per heavy atom. The Morgan fingerprint density at radius 3 is 2.65 bits per heavy atom. The summed E-state index contributed by atoms with van der Waals surface area (Å²) in [5.41, 5.74) is 8.36. The van der Waals surface area contributed by atoms with Crippen LogP contribution >= 0.6 is 11.8 Å². The molecule has 96 valence electrons. The number of thioether (sulfide) groups is 1. The van der Waals surface area contributed by atoms with Gasteiger partial charge in [0.15, 0.2) is 0 Å². The molecule has 0 radical (unpaired) electrons. The molecule has 1 aromatic rings. The van der Waals surface area contributed by atoms with Crippen molar-refractivity contribution in [3.8, 4) is 0 Å². The van der Waals surface area contributed by atoms with Gasteiger partial charge in [-0.3, -0.25) is 0 Å². The number of para-hydroxylation sites is 1. The molecular weight excluding hydrogens is 228 g/mol. The second kappa shape index (κ2) is 7.62. The fourth-order valence-corrected chi connectivity index (χ4v) is 2.96. The van der Waals surface area contributed by atoms with Crippen molar-refractivity contribution in [2.45, 2.75) is 25.8 Å². The van der Waals surface area contributed by atoms with Gasteiger partial charge in [0.1, 0.15) is 0 Å². The molecule has 1 aromatic carbocycles. The van der Waals surface area contributed by atoms with E-state index in [1.165, 1.54) is 23.4 Å². The van der Waals surface area contributed by atoms with E-state index in [1.807, 2.05) is 11.8 Å². The lowest BCUT2D eigenvalue weighted by Crippen LogP contribution is -2.33. The molecule has 2 nitrogen and oxygen atoms in total. The fourth-order valence-electron chi connectivity index (χ4n) is 2.11. The normalized spacial score (nSPS) is 12.5. The van der Waals surface area contributed by atoms with E-state index in [9.17, 15) is 0 Å². The molecule has 17 heavy (non-hydrogen) atoms. The predicted molar refractivity (Wildman–Crippen MR) is 80.1 cm³/mol. The van der Waals surface area contributed by atoms with Crippen molar-refractivity contribution >= 4 is 17.4 Å². The van der Waals surface area contributed by atoms with Crippen molar-refractivity contribution in [2.24, 2.45) is 5.73 Å². The smallest absolute Gasteiger partial charge is 0.0399 e. The van der Waals surface area contributed by atoms with E-state index in [4.69, 9.17) is 5.73 Å². The number of nitrogens with zero attached hydrogens (tertiary/aromatic N) is 1. The third kappa shape index (κ3) is 3.93. The van der Waals surface area contributed by atoms with Gasteiger partial charge in [-0.15, -0.1) is 0 Å². The first kappa shape index (κ1) is 14.4. The second-order valence-corrected chi connectivity index (χ2v) is 5.21. The van der Waals surface area contributed by atoms with E-state index >= 15 is 0 Å².